The van der Waals surface area contributed by atoms with Gasteiger partial charge in [0.2, 0.25) is 0 Å². The number of amides is 1. The standard InChI is InChI=1S/C18H21N5OS/c1-12-3-4-16-15(9-12)17(21-20-16)18(24)23-7-5-22(6-8-23)10-14-11-25-13(2)19-14/h3-4,9,11H,5-8,10H2,1-2H3,(H,20,21). The first-order valence-electron chi connectivity index (χ1n) is 8.47. The molecule has 1 saturated heterocycles. The van der Waals surface area contributed by atoms with E-state index in [9.17, 15) is 4.79 Å². The maximum Gasteiger partial charge on any atom is 0.275 e. The number of hydrogen-bond donors (Lipinski definition) is 1. The van der Waals surface area contributed by atoms with Crippen LogP contribution in [-0.2, 0) is 6.54 Å². The van der Waals surface area contributed by atoms with E-state index in [1.54, 1.807) is 11.3 Å². The van der Waals surface area contributed by atoms with Crippen molar-refractivity contribution in [3.8, 4) is 0 Å². The van der Waals surface area contributed by atoms with Crippen LogP contribution in [0.25, 0.3) is 10.9 Å². The number of benzene rings is 1. The van der Waals surface area contributed by atoms with Crippen molar-refractivity contribution < 1.29 is 4.79 Å². The molecule has 1 fully saturated rings. The number of hydrogen-bond acceptors (Lipinski definition) is 5. The molecule has 0 spiro atoms. The summed E-state index contributed by atoms with van der Waals surface area (Å²) >= 11 is 1.68. The quantitative estimate of drug-likeness (QED) is 0.784. The summed E-state index contributed by atoms with van der Waals surface area (Å²) in [5.41, 5.74) is 3.69. The highest BCUT2D eigenvalue weighted by atomic mass is 32.1. The van der Waals surface area contributed by atoms with E-state index in [1.165, 1.54) is 0 Å². The highest BCUT2D eigenvalue weighted by Gasteiger charge is 2.25. The Morgan fingerprint density at radius 2 is 2.04 bits per heavy atom. The predicted octanol–water partition coefficient (Wildman–Crippen LogP) is 2.59. The minimum Gasteiger partial charge on any atom is -0.335 e. The molecule has 25 heavy (non-hydrogen) atoms. The van der Waals surface area contributed by atoms with Crippen molar-refractivity contribution in [2.75, 3.05) is 26.2 Å². The van der Waals surface area contributed by atoms with E-state index in [0.717, 1.165) is 59.9 Å². The molecular formula is C18H21N5OS. The third-order valence-electron chi connectivity index (χ3n) is 4.63. The minimum absolute atomic E-state index is 0.0148. The summed E-state index contributed by atoms with van der Waals surface area (Å²) < 4.78 is 0. The van der Waals surface area contributed by atoms with Crippen LogP contribution in [0.1, 0.15) is 26.8 Å². The van der Waals surface area contributed by atoms with Gasteiger partial charge in [0, 0.05) is 43.5 Å². The van der Waals surface area contributed by atoms with E-state index in [-0.39, 0.29) is 5.91 Å². The van der Waals surface area contributed by atoms with Crippen molar-refractivity contribution in [3.05, 3.63) is 45.5 Å². The van der Waals surface area contributed by atoms with E-state index in [2.05, 4.69) is 25.5 Å². The van der Waals surface area contributed by atoms with Gasteiger partial charge in [-0.1, -0.05) is 11.6 Å². The second-order valence-electron chi connectivity index (χ2n) is 6.55. The fourth-order valence-corrected chi connectivity index (χ4v) is 3.86. The zero-order chi connectivity index (χ0) is 17.4. The van der Waals surface area contributed by atoms with E-state index in [1.807, 2.05) is 36.9 Å². The van der Waals surface area contributed by atoms with Gasteiger partial charge in [-0.3, -0.25) is 14.8 Å². The average molecular weight is 355 g/mol. The molecule has 0 unspecified atom stereocenters. The van der Waals surface area contributed by atoms with Crippen molar-refractivity contribution in [1.82, 2.24) is 25.0 Å². The zero-order valence-electron chi connectivity index (χ0n) is 14.5. The van der Waals surface area contributed by atoms with E-state index in [0.29, 0.717) is 5.69 Å². The molecule has 1 aromatic carbocycles. The lowest BCUT2D eigenvalue weighted by atomic mass is 10.1. The van der Waals surface area contributed by atoms with Crippen LogP contribution in [0.3, 0.4) is 0 Å². The van der Waals surface area contributed by atoms with Gasteiger partial charge in [0.1, 0.15) is 0 Å². The zero-order valence-corrected chi connectivity index (χ0v) is 15.3. The van der Waals surface area contributed by atoms with Gasteiger partial charge in [-0.2, -0.15) is 5.10 Å². The number of H-pyrrole nitrogens is 1. The third-order valence-corrected chi connectivity index (χ3v) is 5.45. The van der Waals surface area contributed by atoms with Gasteiger partial charge in [0.05, 0.1) is 16.2 Å². The van der Waals surface area contributed by atoms with Crippen LogP contribution in [0.15, 0.2) is 23.6 Å². The summed E-state index contributed by atoms with van der Waals surface area (Å²) in [4.78, 5) is 21.6. The van der Waals surface area contributed by atoms with Crippen molar-refractivity contribution in [2.24, 2.45) is 0 Å². The molecule has 4 rings (SSSR count). The first kappa shape index (κ1) is 16.2. The number of aryl methyl sites for hydroxylation is 2. The molecule has 2 aromatic heterocycles. The molecule has 1 amide bonds. The molecule has 0 saturated carbocycles. The summed E-state index contributed by atoms with van der Waals surface area (Å²) in [5.74, 6) is 0.0148. The number of nitrogens with one attached hydrogen (secondary N) is 1. The lowest BCUT2D eigenvalue weighted by Crippen LogP contribution is -2.48. The highest BCUT2D eigenvalue weighted by molar-refractivity contribution is 7.09. The molecule has 0 aliphatic carbocycles. The van der Waals surface area contributed by atoms with E-state index < -0.39 is 0 Å². The maximum absolute atomic E-state index is 12.9. The summed E-state index contributed by atoms with van der Waals surface area (Å²) in [6.45, 7) is 8.09. The molecule has 6 nitrogen and oxygen atoms in total. The topological polar surface area (TPSA) is 65.1 Å². The molecule has 0 atom stereocenters. The summed E-state index contributed by atoms with van der Waals surface area (Å²) in [7, 11) is 0. The predicted molar refractivity (Wildman–Crippen MR) is 98.9 cm³/mol. The molecule has 0 bridgehead atoms. The van der Waals surface area contributed by atoms with Crippen molar-refractivity contribution in [2.45, 2.75) is 20.4 Å². The van der Waals surface area contributed by atoms with Gasteiger partial charge in [-0.05, 0) is 26.0 Å². The number of fused-ring (bicyclic) bond motifs is 1. The molecule has 3 heterocycles. The third kappa shape index (κ3) is 3.29. The number of rotatable bonds is 3. The molecule has 1 N–H and O–H groups in total. The Morgan fingerprint density at radius 1 is 1.24 bits per heavy atom. The molecule has 3 aromatic rings. The van der Waals surface area contributed by atoms with Gasteiger partial charge in [0.15, 0.2) is 5.69 Å². The van der Waals surface area contributed by atoms with Crippen molar-refractivity contribution in [1.29, 1.82) is 0 Å². The normalized spacial score (nSPS) is 15.8. The van der Waals surface area contributed by atoms with Gasteiger partial charge >= 0.3 is 0 Å². The van der Waals surface area contributed by atoms with Gasteiger partial charge in [-0.25, -0.2) is 4.98 Å². The molecule has 130 valence electrons. The number of nitrogens with zero attached hydrogens (tertiary/aromatic N) is 4. The van der Waals surface area contributed by atoms with Crippen LogP contribution >= 0.6 is 11.3 Å². The smallest absolute Gasteiger partial charge is 0.275 e. The number of aromatic nitrogens is 3. The molecule has 0 radical (unpaired) electrons. The Hall–Kier alpha value is -2.25. The number of aromatic amines is 1. The fourth-order valence-electron chi connectivity index (χ4n) is 3.26. The van der Waals surface area contributed by atoms with Crippen LogP contribution in [0, 0.1) is 13.8 Å². The maximum atomic E-state index is 12.9. The summed E-state index contributed by atoms with van der Waals surface area (Å²) in [6, 6.07) is 6.02. The Bertz CT molecular complexity index is 907. The monoisotopic (exact) mass is 355 g/mol. The van der Waals surface area contributed by atoms with Crippen molar-refractivity contribution in [3.63, 3.8) is 0 Å². The first-order chi connectivity index (χ1) is 12.1. The van der Waals surface area contributed by atoms with Crippen LogP contribution in [0.2, 0.25) is 0 Å². The molecule has 7 heteroatoms. The van der Waals surface area contributed by atoms with Crippen LogP contribution < -0.4 is 0 Å². The molecule has 1 aliphatic rings. The number of carbonyl (C=O) groups excluding carboxylic acids is 1. The van der Waals surface area contributed by atoms with E-state index in [4.69, 9.17) is 0 Å². The Balaban J connectivity index is 1.43. The first-order valence-corrected chi connectivity index (χ1v) is 9.35. The van der Waals surface area contributed by atoms with Gasteiger partial charge in [0.25, 0.3) is 5.91 Å². The second-order valence-corrected chi connectivity index (χ2v) is 7.61. The van der Waals surface area contributed by atoms with Crippen LogP contribution in [-0.4, -0.2) is 57.1 Å². The van der Waals surface area contributed by atoms with Gasteiger partial charge < -0.3 is 4.90 Å². The number of piperazine rings is 1. The Labute approximate surface area is 150 Å². The van der Waals surface area contributed by atoms with Crippen LogP contribution in [0.5, 0.6) is 0 Å². The lowest BCUT2D eigenvalue weighted by Gasteiger charge is -2.34. The van der Waals surface area contributed by atoms with Crippen LogP contribution in [0.4, 0.5) is 0 Å². The van der Waals surface area contributed by atoms with E-state index >= 15 is 0 Å². The Morgan fingerprint density at radius 3 is 2.76 bits per heavy atom. The fraction of sp³-hybridized carbons (Fsp3) is 0.389. The summed E-state index contributed by atoms with van der Waals surface area (Å²) in [5, 5.41) is 11.4. The van der Waals surface area contributed by atoms with Gasteiger partial charge in [-0.15, -0.1) is 11.3 Å². The number of thiazole rings is 1. The lowest BCUT2D eigenvalue weighted by molar-refractivity contribution is 0.0623. The van der Waals surface area contributed by atoms with Crippen molar-refractivity contribution >= 4 is 28.1 Å². The number of carbonyl (C=O) groups is 1. The summed E-state index contributed by atoms with van der Waals surface area (Å²) in [6.07, 6.45) is 0. The molecular weight excluding hydrogens is 334 g/mol. The average Bonchev–Trinajstić information content (AvgIpc) is 3.20. The SMILES string of the molecule is Cc1ccc2[nH]nc(C(=O)N3CCN(Cc4csc(C)n4)CC3)c2c1. The minimum atomic E-state index is 0.0148. The molecule has 1 aliphatic heterocycles. The largest absolute Gasteiger partial charge is 0.335 e. The highest BCUT2D eigenvalue weighted by Crippen LogP contribution is 2.20. The Kier molecular flexibility index (Phi) is 4.27. The second kappa shape index (κ2) is 6.57.